The molecule has 1 N–H and O–H groups in total. The van der Waals surface area contributed by atoms with E-state index < -0.39 is 0 Å². The van der Waals surface area contributed by atoms with Crippen molar-refractivity contribution in [2.75, 3.05) is 13.2 Å². The van der Waals surface area contributed by atoms with E-state index in [-0.39, 0.29) is 0 Å². The largest absolute Gasteiger partial charge is 0.491 e. The van der Waals surface area contributed by atoms with Crippen molar-refractivity contribution < 1.29 is 4.74 Å². The second-order valence-electron chi connectivity index (χ2n) is 3.53. The lowest BCUT2D eigenvalue weighted by Crippen LogP contribution is -2.28. The van der Waals surface area contributed by atoms with Crippen molar-refractivity contribution in [1.82, 2.24) is 5.32 Å². The molecule has 1 atom stereocenters. The minimum atomic E-state index is 0.530. The first-order valence-electron chi connectivity index (χ1n) is 4.97. The third-order valence-corrected chi connectivity index (χ3v) is 3.09. The van der Waals surface area contributed by atoms with Crippen LogP contribution >= 0.6 is 15.9 Å². The number of rotatable bonds is 3. The van der Waals surface area contributed by atoms with Gasteiger partial charge in [0.25, 0.3) is 0 Å². The Morgan fingerprint density at radius 3 is 3.00 bits per heavy atom. The van der Waals surface area contributed by atoms with Gasteiger partial charge in [-0.15, -0.1) is 0 Å². The van der Waals surface area contributed by atoms with Gasteiger partial charge in [0.1, 0.15) is 12.4 Å². The molecule has 0 radical (unpaired) electrons. The van der Waals surface area contributed by atoms with Crippen molar-refractivity contribution in [3.8, 4) is 5.75 Å². The van der Waals surface area contributed by atoms with E-state index >= 15 is 0 Å². The molecule has 0 aromatic heterocycles. The van der Waals surface area contributed by atoms with Gasteiger partial charge in [0.15, 0.2) is 0 Å². The number of halogens is 1. The Balaban J connectivity index is 1.88. The molecule has 0 amide bonds. The van der Waals surface area contributed by atoms with Crippen molar-refractivity contribution >= 4 is 15.9 Å². The molecule has 0 saturated carbocycles. The summed E-state index contributed by atoms with van der Waals surface area (Å²) in [6, 6.07) is 8.49. The molecule has 1 fully saturated rings. The summed E-state index contributed by atoms with van der Waals surface area (Å²) in [5, 5.41) is 3.41. The number of benzene rings is 1. The molecule has 0 aliphatic carbocycles. The molecule has 1 heterocycles. The summed E-state index contributed by atoms with van der Waals surface area (Å²) in [5.41, 5.74) is 0. The average Bonchev–Trinajstić information content (AvgIpc) is 2.69. The highest BCUT2D eigenvalue weighted by molar-refractivity contribution is 9.10. The van der Waals surface area contributed by atoms with Crippen LogP contribution in [0.3, 0.4) is 0 Å². The number of hydrogen-bond acceptors (Lipinski definition) is 2. The molecule has 1 aromatic rings. The first-order chi connectivity index (χ1) is 6.86. The van der Waals surface area contributed by atoms with Gasteiger partial charge in [-0.25, -0.2) is 0 Å². The molecule has 2 nitrogen and oxygen atoms in total. The van der Waals surface area contributed by atoms with Crippen molar-refractivity contribution in [2.45, 2.75) is 18.9 Å². The SMILES string of the molecule is Brc1ccccc1OC[C@@H]1CCCN1. The quantitative estimate of drug-likeness (QED) is 0.897. The molecule has 1 aliphatic rings. The predicted octanol–water partition coefficient (Wildman–Crippen LogP) is 2.58. The average molecular weight is 256 g/mol. The highest BCUT2D eigenvalue weighted by Crippen LogP contribution is 2.24. The Labute approximate surface area is 92.8 Å². The minimum Gasteiger partial charge on any atom is -0.491 e. The summed E-state index contributed by atoms with van der Waals surface area (Å²) < 4.78 is 6.74. The Kier molecular flexibility index (Phi) is 3.43. The summed E-state index contributed by atoms with van der Waals surface area (Å²) in [4.78, 5) is 0. The molecule has 0 unspecified atom stereocenters. The van der Waals surface area contributed by atoms with Crippen LogP contribution in [0.4, 0.5) is 0 Å². The molecule has 1 aliphatic heterocycles. The van der Waals surface area contributed by atoms with Crippen LogP contribution in [0.1, 0.15) is 12.8 Å². The van der Waals surface area contributed by atoms with Crippen LogP contribution in [0.15, 0.2) is 28.7 Å². The highest BCUT2D eigenvalue weighted by atomic mass is 79.9. The van der Waals surface area contributed by atoms with E-state index in [1.165, 1.54) is 12.8 Å². The number of ether oxygens (including phenoxy) is 1. The second kappa shape index (κ2) is 4.80. The van der Waals surface area contributed by atoms with Crippen LogP contribution < -0.4 is 10.1 Å². The maximum absolute atomic E-state index is 5.71. The Bertz CT molecular complexity index is 297. The molecule has 0 bridgehead atoms. The van der Waals surface area contributed by atoms with Crippen LogP contribution in [0, 0.1) is 0 Å². The van der Waals surface area contributed by atoms with Gasteiger partial charge in [-0.3, -0.25) is 0 Å². The smallest absolute Gasteiger partial charge is 0.133 e. The normalized spacial score (nSPS) is 21.1. The van der Waals surface area contributed by atoms with Crippen molar-refractivity contribution in [1.29, 1.82) is 0 Å². The fourth-order valence-corrected chi connectivity index (χ4v) is 2.05. The molecule has 14 heavy (non-hydrogen) atoms. The van der Waals surface area contributed by atoms with Crippen LogP contribution in [0.2, 0.25) is 0 Å². The summed E-state index contributed by atoms with van der Waals surface area (Å²) >= 11 is 3.46. The summed E-state index contributed by atoms with van der Waals surface area (Å²) in [6.45, 7) is 1.90. The summed E-state index contributed by atoms with van der Waals surface area (Å²) in [7, 11) is 0. The zero-order valence-corrected chi connectivity index (χ0v) is 9.59. The fourth-order valence-electron chi connectivity index (χ4n) is 1.65. The van der Waals surface area contributed by atoms with Crippen LogP contribution in [0.5, 0.6) is 5.75 Å². The molecule has 0 spiro atoms. The Hall–Kier alpha value is -0.540. The van der Waals surface area contributed by atoms with Crippen LogP contribution in [0.25, 0.3) is 0 Å². The topological polar surface area (TPSA) is 21.3 Å². The van der Waals surface area contributed by atoms with Gasteiger partial charge in [-0.05, 0) is 47.4 Å². The fraction of sp³-hybridized carbons (Fsp3) is 0.455. The van der Waals surface area contributed by atoms with E-state index in [2.05, 4.69) is 21.2 Å². The first-order valence-corrected chi connectivity index (χ1v) is 5.76. The van der Waals surface area contributed by atoms with Gasteiger partial charge in [0.05, 0.1) is 4.47 Å². The van der Waals surface area contributed by atoms with Crippen molar-refractivity contribution in [3.05, 3.63) is 28.7 Å². The summed E-state index contributed by atoms with van der Waals surface area (Å²) in [6.07, 6.45) is 2.49. The van der Waals surface area contributed by atoms with E-state index in [1.807, 2.05) is 24.3 Å². The number of nitrogens with one attached hydrogen (secondary N) is 1. The lowest BCUT2D eigenvalue weighted by molar-refractivity contribution is 0.275. The third kappa shape index (κ3) is 2.49. The Morgan fingerprint density at radius 1 is 1.43 bits per heavy atom. The molecule has 76 valence electrons. The van der Waals surface area contributed by atoms with Gasteiger partial charge in [-0.2, -0.15) is 0 Å². The van der Waals surface area contributed by atoms with Gasteiger partial charge in [0.2, 0.25) is 0 Å². The second-order valence-corrected chi connectivity index (χ2v) is 4.39. The lowest BCUT2D eigenvalue weighted by atomic mass is 10.2. The molecular formula is C11H14BrNO. The maximum atomic E-state index is 5.71. The standard InChI is InChI=1S/C11H14BrNO/c12-10-5-1-2-6-11(10)14-8-9-4-3-7-13-9/h1-2,5-6,9,13H,3-4,7-8H2/t9-/m0/s1. The van der Waals surface area contributed by atoms with Crippen LogP contribution in [-0.4, -0.2) is 19.2 Å². The minimum absolute atomic E-state index is 0.530. The van der Waals surface area contributed by atoms with Crippen molar-refractivity contribution in [3.63, 3.8) is 0 Å². The van der Waals surface area contributed by atoms with Gasteiger partial charge in [-0.1, -0.05) is 12.1 Å². The Morgan fingerprint density at radius 2 is 2.29 bits per heavy atom. The summed E-state index contributed by atoms with van der Waals surface area (Å²) in [5.74, 6) is 0.932. The maximum Gasteiger partial charge on any atom is 0.133 e. The van der Waals surface area contributed by atoms with E-state index in [1.54, 1.807) is 0 Å². The predicted molar refractivity (Wildman–Crippen MR) is 60.7 cm³/mol. The van der Waals surface area contributed by atoms with Crippen LogP contribution in [-0.2, 0) is 0 Å². The monoisotopic (exact) mass is 255 g/mol. The van der Waals surface area contributed by atoms with Gasteiger partial charge in [0, 0.05) is 6.04 Å². The lowest BCUT2D eigenvalue weighted by Gasteiger charge is -2.12. The van der Waals surface area contributed by atoms with E-state index in [0.29, 0.717) is 6.04 Å². The van der Waals surface area contributed by atoms with E-state index in [9.17, 15) is 0 Å². The van der Waals surface area contributed by atoms with Crippen molar-refractivity contribution in [2.24, 2.45) is 0 Å². The zero-order chi connectivity index (χ0) is 9.80. The molecule has 1 saturated heterocycles. The third-order valence-electron chi connectivity index (χ3n) is 2.44. The zero-order valence-electron chi connectivity index (χ0n) is 8.00. The van der Waals surface area contributed by atoms with Gasteiger partial charge < -0.3 is 10.1 Å². The molecule has 3 heteroatoms. The van der Waals surface area contributed by atoms with E-state index in [0.717, 1.165) is 23.4 Å². The first kappa shape index (κ1) is 9.99. The molecule has 1 aromatic carbocycles. The number of para-hydroxylation sites is 1. The van der Waals surface area contributed by atoms with Gasteiger partial charge >= 0.3 is 0 Å². The molecule has 2 rings (SSSR count). The molecular weight excluding hydrogens is 242 g/mol. The van der Waals surface area contributed by atoms with E-state index in [4.69, 9.17) is 4.74 Å². The number of hydrogen-bond donors (Lipinski definition) is 1. The highest BCUT2D eigenvalue weighted by Gasteiger charge is 2.14.